The van der Waals surface area contributed by atoms with E-state index in [0.29, 0.717) is 0 Å². The molecule has 0 aliphatic carbocycles. The molecule has 0 aliphatic heterocycles. The van der Waals surface area contributed by atoms with Crippen molar-refractivity contribution >= 4 is 47.8 Å². The molecule has 60 valence electrons. The van der Waals surface area contributed by atoms with Crippen LogP contribution in [-0.2, 0) is 6.61 Å². The van der Waals surface area contributed by atoms with Crippen LogP contribution in [0, 0.1) is 0 Å². The Morgan fingerprint density at radius 1 is 1.09 bits per heavy atom. The molecule has 0 atom stereocenters. The quantitative estimate of drug-likeness (QED) is 0.773. The van der Waals surface area contributed by atoms with Crippen molar-refractivity contribution in [1.82, 2.24) is 0 Å². The molecule has 0 aliphatic rings. The smallest absolute Gasteiger partial charge is 0.0693 e. The Morgan fingerprint density at radius 2 is 1.73 bits per heavy atom. The molecular weight excluding hydrogens is 340 g/mol. The molecule has 4 heteroatoms. The number of aliphatic hydroxyl groups excluding tert-OH is 1. The van der Waals surface area contributed by atoms with E-state index in [-0.39, 0.29) is 6.61 Å². The lowest BCUT2D eigenvalue weighted by Crippen LogP contribution is -1.85. The Morgan fingerprint density at radius 3 is 2.27 bits per heavy atom. The minimum Gasteiger partial charge on any atom is -0.392 e. The maximum Gasteiger partial charge on any atom is 0.0693 e. The molecule has 0 unspecified atom stereocenters. The fraction of sp³-hybridized carbons (Fsp3) is 0.143. The standard InChI is InChI=1S/C7H5Br3O/c8-5-2-1-4(3-11)6(9)7(5)10/h1-2,11H,3H2. The Hall–Kier alpha value is 0.620. The van der Waals surface area contributed by atoms with E-state index >= 15 is 0 Å². The minimum absolute atomic E-state index is 0.0481. The highest BCUT2D eigenvalue weighted by Crippen LogP contribution is 2.33. The van der Waals surface area contributed by atoms with Crippen LogP contribution >= 0.6 is 47.8 Å². The summed E-state index contributed by atoms with van der Waals surface area (Å²) in [5, 5.41) is 8.87. The Labute approximate surface area is 90.2 Å². The summed E-state index contributed by atoms with van der Waals surface area (Å²) in [5.74, 6) is 0. The summed E-state index contributed by atoms with van der Waals surface area (Å²) in [6.45, 7) is 0.0481. The maximum absolute atomic E-state index is 8.87. The molecule has 0 spiro atoms. The molecule has 0 saturated carbocycles. The lowest BCUT2D eigenvalue weighted by atomic mass is 10.2. The van der Waals surface area contributed by atoms with Gasteiger partial charge in [0.1, 0.15) is 0 Å². The fourth-order valence-corrected chi connectivity index (χ4v) is 2.14. The van der Waals surface area contributed by atoms with Gasteiger partial charge in [-0.3, -0.25) is 0 Å². The number of benzene rings is 1. The minimum atomic E-state index is 0.0481. The third-order valence-corrected chi connectivity index (χ3v) is 4.74. The summed E-state index contributed by atoms with van der Waals surface area (Å²) in [6.07, 6.45) is 0. The van der Waals surface area contributed by atoms with E-state index in [0.717, 1.165) is 19.0 Å². The second-order valence-corrected chi connectivity index (χ2v) is 4.43. The first kappa shape index (κ1) is 9.71. The molecule has 1 rings (SSSR count). The van der Waals surface area contributed by atoms with Crippen LogP contribution in [0.25, 0.3) is 0 Å². The second-order valence-electron chi connectivity index (χ2n) is 1.99. The molecule has 1 N–H and O–H groups in total. The Bertz CT molecular complexity index is 273. The predicted molar refractivity (Wildman–Crippen MR) is 55.5 cm³/mol. The molecule has 1 aromatic carbocycles. The topological polar surface area (TPSA) is 20.2 Å². The number of hydrogen-bond acceptors (Lipinski definition) is 1. The molecule has 0 radical (unpaired) electrons. The zero-order chi connectivity index (χ0) is 8.43. The normalized spacial score (nSPS) is 10.2. The second kappa shape index (κ2) is 4.03. The van der Waals surface area contributed by atoms with E-state index in [1.54, 1.807) is 0 Å². The third-order valence-electron chi connectivity index (χ3n) is 1.29. The molecule has 11 heavy (non-hydrogen) atoms. The monoisotopic (exact) mass is 342 g/mol. The summed E-state index contributed by atoms with van der Waals surface area (Å²) in [7, 11) is 0. The number of halogens is 3. The SMILES string of the molecule is OCc1ccc(Br)c(Br)c1Br. The highest BCUT2D eigenvalue weighted by molar-refractivity contribution is 9.14. The van der Waals surface area contributed by atoms with E-state index < -0.39 is 0 Å². The van der Waals surface area contributed by atoms with Crippen LogP contribution in [0.3, 0.4) is 0 Å². The molecule has 0 aromatic heterocycles. The van der Waals surface area contributed by atoms with Crippen LogP contribution in [-0.4, -0.2) is 5.11 Å². The first-order valence-electron chi connectivity index (χ1n) is 2.90. The van der Waals surface area contributed by atoms with E-state index in [1.807, 2.05) is 12.1 Å². The van der Waals surface area contributed by atoms with Crippen LogP contribution in [0.2, 0.25) is 0 Å². The molecule has 0 amide bonds. The zero-order valence-corrected chi connectivity index (χ0v) is 10.2. The fourth-order valence-electron chi connectivity index (χ4n) is 0.688. The van der Waals surface area contributed by atoms with Crippen molar-refractivity contribution in [1.29, 1.82) is 0 Å². The summed E-state index contributed by atoms with van der Waals surface area (Å²) in [4.78, 5) is 0. The zero-order valence-electron chi connectivity index (χ0n) is 5.44. The molecule has 1 nitrogen and oxygen atoms in total. The Balaban J connectivity index is 3.25. The molecule has 0 fully saturated rings. The van der Waals surface area contributed by atoms with Gasteiger partial charge in [-0.25, -0.2) is 0 Å². The predicted octanol–water partition coefficient (Wildman–Crippen LogP) is 3.47. The van der Waals surface area contributed by atoms with Crippen molar-refractivity contribution in [2.45, 2.75) is 6.61 Å². The van der Waals surface area contributed by atoms with Gasteiger partial charge >= 0.3 is 0 Å². The van der Waals surface area contributed by atoms with Gasteiger partial charge in [0.25, 0.3) is 0 Å². The van der Waals surface area contributed by atoms with E-state index in [9.17, 15) is 0 Å². The van der Waals surface area contributed by atoms with E-state index in [2.05, 4.69) is 47.8 Å². The highest BCUT2D eigenvalue weighted by atomic mass is 79.9. The molecule has 0 bridgehead atoms. The molecular formula is C7H5Br3O. The van der Waals surface area contributed by atoms with E-state index in [4.69, 9.17) is 5.11 Å². The van der Waals surface area contributed by atoms with Gasteiger partial charge in [0.05, 0.1) is 6.61 Å². The van der Waals surface area contributed by atoms with Gasteiger partial charge in [-0.15, -0.1) is 0 Å². The van der Waals surface area contributed by atoms with Crippen LogP contribution in [0.4, 0.5) is 0 Å². The number of rotatable bonds is 1. The lowest BCUT2D eigenvalue weighted by molar-refractivity contribution is 0.281. The van der Waals surface area contributed by atoms with Gasteiger partial charge < -0.3 is 5.11 Å². The van der Waals surface area contributed by atoms with Crippen molar-refractivity contribution in [3.63, 3.8) is 0 Å². The highest BCUT2D eigenvalue weighted by Gasteiger charge is 2.05. The first-order valence-corrected chi connectivity index (χ1v) is 5.28. The van der Waals surface area contributed by atoms with Crippen molar-refractivity contribution < 1.29 is 5.11 Å². The van der Waals surface area contributed by atoms with Gasteiger partial charge in [0.15, 0.2) is 0 Å². The van der Waals surface area contributed by atoms with Crippen molar-refractivity contribution in [2.75, 3.05) is 0 Å². The number of hydrogen-bond donors (Lipinski definition) is 1. The Kier molecular flexibility index (Phi) is 3.55. The van der Waals surface area contributed by atoms with E-state index in [1.165, 1.54) is 0 Å². The van der Waals surface area contributed by atoms with Crippen LogP contribution < -0.4 is 0 Å². The average Bonchev–Trinajstić information content (AvgIpc) is 2.01. The largest absolute Gasteiger partial charge is 0.392 e. The van der Waals surface area contributed by atoms with Gasteiger partial charge in [-0.1, -0.05) is 6.07 Å². The van der Waals surface area contributed by atoms with Crippen LogP contribution in [0.1, 0.15) is 5.56 Å². The molecule has 0 saturated heterocycles. The summed E-state index contributed by atoms with van der Waals surface area (Å²) >= 11 is 10.1. The van der Waals surface area contributed by atoms with Gasteiger partial charge in [0.2, 0.25) is 0 Å². The summed E-state index contributed by atoms with van der Waals surface area (Å²) in [5.41, 5.74) is 0.875. The van der Waals surface area contributed by atoms with Gasteiger partial charge in [-0.2, -0.15) is 0 Å². The van der Waals surface area contributed by atoms with Crippen molar-refractivity contribution in [3.05, 3.63) is 31.1 Å². The average molecular weight is 345 g/mol. The van der Waals surface area contributed by atoms with Crippen LogP contribution in [0.15, 0.2) is 25.6 Å². The van der Waals surface area contributed by atoms with Gasteiger partial charge in [0, 0.05) is 13.4 Å². The summed E-state index contributed by atoms with van der Waals surface area (Å²) in [6, 6.07) is 3.75. The van der Waals surface area contributed by atoms with Crippen molar-refractivity contribution in [2.24, 2.45) is 0 Å². The van der Waals surface area contributed by atoms with Crippen LogP contribution in [0.5, 0.6) is 0 Å². The third kappa shape index (κ3) is 2.05. The number of aliphatic hydroxyl groups is 1. The molecule has 1 aromatic rings. The summed E-state index contributed by atoms with van der Waals surface area (Å²) < 4.78 is 2.81. The van der Waals surface area contributed by atoms with Crippen molar-refractivity contribution in [3.8, 4) is 0 Å². The lowest BCUT2D eigenvalue weighted by Gasteiger charge is -2.03. The first-order chi connectivity index (χ1) is 5.16. The van der Waals surface area contributed by atoms with Gasteiger partial charge in [-0.05, 0) is 59.4 Å². The molecule has 0 heterocycles. The maximum atomic E-state index is 8.87.